The van der Waals surface area contributed by atoms with E-state index in [0.717, 1.165) is 17.4 Å². The van der Waals surface area contributed by atoms with Crippen LogP contribution in [0.15, 0.2) is 29.2 Å². The minimum Gasteiger partial charge on any atom is -0.373 e. The van der Waals surface area contributed by atoms with E-state index in [-0.39, 0.29) is 28.5 Å². The second-order valence-corrected chi connectivity index (χ2v) is 10.1. The highest BCUT2D eigenvalue weighted by Gasteiger charge is 2.33. The molecule has 1 fully saturated rings. The van der Waals surface area contributed by atoms with E-state index in [4.69, 9.17) is 4.74 Å². The van der Waals surface area contributed by atoms with Crippen LogP contribution in [0.25, 0.3) is 0 Å². The van der Waals surface area contributed by atoms with Crippen molar-refractivity contribution in [1.29, 1.82) is 0 Å². The van der Waals surface area contributed by atoms with E-state index in [1.54, 1.807) is 12.1 Å². The number of nitrogens with one attached hydrogen (secondary N) is 1. The van der Waals surface area contributed by atoms with Crippen LogP contribution in [0.3, 0.4) is 0 Å². The third-order valence-electron chi connectivity index (χ3n) is 4.83. The second-order valence-electron chi connectivity index (χ2n) is 7.97. The Balaban J connectivity index is 2.07. The van der Waals surface area contributed by atoms with Gasteiger partial charge in [-0.25, -0.2) is 12.7 Å². The maximum Gasteiger partial charge on any atom is 0.251 e. The number of rotatable bonds is 6. The van der Waals surface area contributed by atoms with Gasteiger partial charge in [0.1, 0.15) is 0 Å². The molecule has 1 saturated heterocycles. The van der Waals surface area contributed by atoms with Crippen molar-refractivity contribution in [2.45, 2.75) is 50.3 Å². The first-order chi connectivity index (χ1) is 12.4. The van der Waals surface area contributed by atoms with Crippen LogP contribution in [-0.4, -0.2) is 75.0 Å². The number of ether oxygens (including phenoxy) is 1. The van der Waals surface area contributed by atoms with Gasteiger partial charge >= 0.3 is 0 Å². The van der Waals surface area contributed by atoms with Crippen molar-refractivity contribution < 1.29 is 17.9 Å². The molecular weight excluding hydrogens is 366 g/mol. The lowest BCUT2D eigenvalue weighted by Crippen LogP contribution is -2.58. The predicted molar refractivity (Wildman–Crippen MR) is 105 cm³/mol. The minimum absolute atomic E-state index is 0.107. The summed E-state index contributed by atoms with van der Waals surface area (Å²) >= 11 is 0. The SMILES string of the molecule is C[C@@H]1CN(C(C)(C)CNC(=O)c2cccc(S(=O)(=O)N(C)C)c2)C[C@@H](C)O1. The summed E-state index contributed by atoms with van der Waals surface area (Å²) in [7, 11) is -0.640. The Hall–Kier alpha value is -1.48. The monoisotopic (exact) mass is 397 g/mol. The summed E-state index contributed by atoms with van der Waals surface area (Å²) in [4.78, 5) is 15.0. The Bertz CT molecular complexity index is 767. The Morgan fingerprint density at radius 3 is 2.41 bits per heavy atom. The average Bonchev–Trinajstić information content (AvgIpc) is 2.59. The number of hydrogen-bond acceptors (Lipinski definition) is 5. The Morgan fingerprint density at radius 1 is 1.26 bits per heavy atom. The van der Waals surface area contributed by atoms with Crippen molar-refractivity contribution >= 4 is 15.9 Å². The fourth-order valence-corrected chi connectivity index (χ4v) is 4.14. The molecule has 1 heterocycles. The molecule has 152 valence electrons. The van der Waals surface area contributed by atoms with Crippen molar-refractivity contribution in [3.05, 3.63) is 29.8 Å². The Labute approximate surface area is 162 Å². The molecule has 1 aliphatic rings. The third kappa shape index (κ3) is 5.28. The lowest BCUT2D eigenvalue weighted by atomic mass is 10.00. The molecule has 0 aromatic heterocycles. The maximum absolute atomic E-state index is 12.6. The first kappa shape index (κ1) is 21.8. The van der Waals surface area contributed by atoms with Crippen LogP contribution in [0.1, 0.15) is 38.1 Å². The summed E-state index contributed by atoms with van der Waals surface area (Å²) < 4.78 is 31.4. The highest BCUT2D eigenvalue weighted by Crippen LogP contribution is 2.21. The molecule has 0 saturated carbocycles. The van der Waals surface area contributed by atoms with Crippen LogP contribution in [0, 0.1) is 0 Å². The smallest absolute Gasteiger partial charge is 0.251 e. The van der Waals surface area contributed by atoms with Gasteiger partial charge in [-0.15, -0.1) is 0 Å². The number of nitrogens with zero attached hydrogens (tertiary/aromatic N) is 2. The van der Waals surface area contributed by atoms with Gasteiger partial charge in [-0.3, -0.25) is 9.69 Å². The standard InChI is InChI=1S/C19H31N3O4S/c1-14-11-22(12-15(2)26-14)19(3,4)13-20-18(23)16-8-7-9-17(10-16)27(24,25)21(5)6/h7-10,14-15H,11-13H2,1-6H3,(H,20,23)/t14-,15-/m1/s1. The van der Waals surface area contributed by atoms with Crippen LogP contribution < -0.4 is 5.32 Å². The molecule has 2 atom stereocenters. The quantitative estimate of drug-likeness (QED) is 0.788. The highest BCUT2D eigenvalue weighted by atomic mass is 32.2. The zero-order chi connectivity index (χ0) is 20.4. The molecule has 1 aromatic rings. The largest absolute Gasteiger partial charge is 0.373 e. The van der Waals surface area contributed by atoms with Gasteiger partial charge < -0.3 is 10.1 Å². The van der Waals surface area contributed by atoms with E-state index in [0.29, 0.717) is 12.1 Å². The number of carbonyl (C=O) groups excluding carboxylic acids is 1. The van der Waals surface area contributed by atoms with Crippen molar-refractivity contribution in [3.8, 4) is 0 Å². The van der Waals surface area contributed by atoms with E-state index in [9.17, 15) is 13.2 Å². The van der Waals surface area contributed by atoms with Gasteiger partial charge in [0.05, 0.1) is 17.1 Å². The number of carbonyl (C=O) groups is 1. The summed E-state index contributed by atoms with van der Waals surface area (Å²) in [6.07, 6.45) is 0.299. The summed E-state index contributed by atoms with van der Waals surface area (Å²) in [5.74, 6) is -0.284. The van der Waals surface area contributed by atoms with E-state index < -0.39 is 10.0 Å². The van der Waals surface area contributed by atoms with Gasteiger partial charge in [0.2, 0.25) is 10.0 Å². The fraction of sp³-hybridized carbons (Fsp3) is 0.632. The molecule has 27 heavy (non-hydrogen) atoms. The van der Waals surface area contributed by atoms with Crippen molar-refractivity contribution in [2.75, 3.05) is 33.7 Å². The first-order valence-electron chi connectivity index (χ1n) is 9.15. The van der Waals surface area contributed by atoms with Gasteiger partial charge in [-0.05, 0) is 45.9 Å². The highest BCUT2D eigenvalue weighted by molar-refractivity contribution is 7.89. The molecule has 2 rings (SSSR count). The molecule has 1 aromatic carbocycles. The summed E-state index contributed by atoms with van der Waals surface area (Å²) in [5, 5.41) is 2.94. The number of benzene rings is 1. The maximum atomic E-state index is 12.6. The van der Waals surface area contributed by atoms with Crippen molar-refractivity contribution in [2.24, 2.45) is 0 Å². The molecule has 0 bridgehead atoms. The van der Waals surface area contributed by atoms with Gasteiger partial charge in [0.25, 0.3) is 5.91 Å². The van der Waals surface area contributed by atoms with E-state index in [1.165, 1.54) is 26.2 Å². The molecule has 0 aliphatic carbocycles. The zero-order valence-corrected chi connectivity index (χ0v) is 17.8. The molecule has 7 nitrogen and oxygen atoms in total. The Kier molecular flexibility index (Phi) is 6.68. The topological polar surface area (TPSA) is 79.0 Å². The number of amides is 1. The number of morpholine rings is 1. The summed E-state index contributed by atoms with van der Waals surface area (Å²) in [6.45, 7) is 10.3. The van der Waals surface area contributed by atoms with Crippen LogP contribution >= 0.6 is 0 Å². The zero-order valence-electron chi connectivity index (χ0n) is 17.0. The van der Waals surface area contributed by atoms with Gasteiger partial charge in [-0.1, -0.05) is 6.07 Å². The lowest BCUT2D eigenvalue weighted by Gasteiger charge is -2.45. The molecule has 0 spiro atoms. The third-order valence-corrected chi connectivity index (χ3v) is 6.64. The van der Waals surface area contributed by atoms with E-state index >= 15 is 0 Å². The fourth-order valence-electron chi connectivity index (χ4n) is 3.19. The van der Waals surface area contributed by atoms with Gasteiger partial charge in [0, 0.05) is 44.8 Å². The van der Waals surface area contributed by atoms with Gasteiger partial charge in [-0.2, -0.15) is 0 Å². The predicted octanol–water partition coefficient (Wildman–Crippen LogP) is 1.55. The molecule has 1 amide bonds. The van der Waals surface area contributed by atoms with Gasteiger partial charge in [0.15, 0.2) is 0 Å². The second kappa shape index (κ2) is 8.26. The summed E-state index contributed by atoms with van der Waals surface area (Å²) in [6, 6.07) is 6.11. The van der Waals surface area contributed by atoms with E-state index in [1.807, 2.05) is 13.8 Å². The molecule has 1 N–H and O–H groups in total. The minimum atomic E-state index is -3.57. The summed E-state index contributed by atoms with van der Waals surface area (Å²) in [5.41, 5.74) is 0.0902. The molecule has 0 unspecified atom stereocenters. The Morgan fingerprint density at radius 2 is 1.85 bits per heavy atom. The van der Waals surface area contributed by atoms with Crippen molar-refractivity contribution in [1.82, 2.24) is 14.5 Å². The average molecular weight is 398 g/mol. The van der Waals surface area contributed by atoms with E-state index in [2.05, 4.69) is 24.1 Å². The normalized spacial score (nSPS) is 22.0. The molecule has 0 radical (unpaired) electrons. The first-order valence-corrected chi connectivity index (χ1v) is 10.6. The number of hydrogen-bond donors (Lipinski definition) is 1. The van der Waals surface area contributed by atoms with Crippen LogP contribution in [0.2, 0.25) is 0 Å². The lowest BCUT2D eigenvalue weighted by molar-refractivity contribution is -0.0948. The molecular formula is C19H31N3O4S. The molecule has 1 aliphatic heterocycles. The molecule has 8 heteroatoms. The number of sulfonamides is 1. The van der Waals surface area contributed by atoms with Crippen molar-refractivity contribution in [3.63, 3.8) is 0 Å². The van der Waals surface area contributed by atoms with Crippen LogP contribution in [-0.2, 0) is 14.8 Å². The van der Waals surface area contributed by atoms with Crippen LogP contribution in [0.4, 0.5) is 0 Å². The van der Waals surface area contributed by atoms with Crippen LogP contribution in [0.5, 0.6) is 0 Å².